The highest BCUT2D eigenvalue weighted by Gasteiger charge is 2.12. The van der Waals surface area contributed by atoms with Crippen molar-refractivity contribution in [2.75, 3.05) is 5.75 Å². The van der Waals surface area contributed by atoms with E-state index in [2.05, 4.69) is 20.3 Å². The number of H-pyrrole nitrogens is 1. The number of benzene rings is 1. The third-order valence-electron chi connectivity index (χ3n) is 3.37. The van der Waals surface area contributed by atoms with Crippen molar-refractivity contribution >= 4 is 52.0 Å². The molecule has 0 bridgehead atoms. The van der Waals surface area contributed by atoms with Crippen molar-refractivity contribution in [1.82, 2.24) is 20.3 Å². The summed E-state index contributed by atoms with van der Waals surface area (Å²) in [7, 11) is 0. The zero-order valence-electron chi connectivity index (χ0n) is 12.7. The van der Waals surface area contributed by atoms with Crippen molar-refractivity contribution in [2.45, 2.75) is 18.1 Å². The lowest BCUT2D eigenvalue weighted by atomic mass is 10.1. The van der Waals surface area contributed by atoms with Crippen molar-refractivity contribution in [3.05, 3.63) is 52.1 Å². The van der Waals surface area contributed by atoms with Gasteiger partial charge in [0, 0.05) is 11.2 Å². The highest BCUT2D eigenvalue weighted by atomic mass is 35.5. The molecule has 0 saturated carbocycles. The Morgan fingerprint density at radius 2 is 2.04 bits per heavy atom. The summed E-state index contributed by atoms with van der Waals surface area (Å²) in [5.74, 6) is 0.180. The first-order valence-corrected chi connectivity index (χ1v) is 8.94. The Kier molecular flexibility index (Phi) is 5.28. The lowest BCUT2D eigenvalue weighted by Crippen LogP contribution is -2.28. The standard InChI is InChI=1S/C16H14Cl2N4OS/c1-9(10-2-4-11(17)5-3-10)20-14(23)8-24-16-21-13-6-12(18)7-19-15(13)22-16/h2-7,9H,8H2,1H3,(H,20,23)(H,19,21,22)/t9-/m0/s1. The Morgan fingerprint density at radius 1 is 1.29 bits per heavy atom. The molecule has 124 valence electrons. The van der Waals surface area contributed by atoms with Gasteiger partial charge in [-0.1, -0.05) is 47.1 Å². The number of aromatic nitrogens is 3. The number of pyridine rings is 1. The number of nitrogens with zero attached hydrogens (tertiary/aromatic N) is 2. The van der Waals surface area contributed by atoms with Crippen LogP contribution >= 0.6 is 35.0 Å². The van der Waals surface area contributed by atoms with E-state index in [9.17, 15) is 4.79 Å². The van der Waals surface area contributed by atoms with E-state index in [1.807, 2.05) is 19.1 Å². The number of nitrogens with one attached hydrogen (secondary N) is 2. The molecule has 3 aromatic rings. The summed E-state index contributed by atoms with van der Waals surface area (Å²) in [6.07, 6.45) is 1.54. The van der Waals surface area contributed by atoms with E-state index in [4.69, 9.17) is 23.2 Å². The van der Waals surface area contributed by atoms with Crippen LogP contribution in [-0.2, 0) is 4.79 Å². The van der Waals surface area contributed by atoms with E-state index in [1.54, 1.807) is 24.4 Å². The fraction of sp³-hybridized carbons (Fsp3) is 0.188. The fourth-order valence-electron chi connectivity index (χ4n) is 2.17. The smallest absolute Gasteiger partial charge is 0.230 e. The number of imidazole rings is 1. The highest BCUT2D eigenvalue weighted by Crippen LogP contribution is 2.21. The third-order valence-corrected chi connectivity index (χ3v) is 4.70. The molecule has 3 rings (SSSR count). The average molecular weight is 381 g/mol. The number of hydrogen-bond donors (Lipinski definition) is 2. The molecule has 0 saturated heterocycles. The molecule has 1 atom stereocenters. The molecule has 0 aliphatic carbocycles. The zero-order chi connectivity index (χ0) is 17.1. The van der Waals surface area contributed by atoms with E-state index >= 15 is 0 Å². The van der Waals surface area contributed by atoms with Gasteiger partial charge < -0.3 is 10.3 Å². The van der Waals surface area contributed by atoms with Gasteiger partial charge in [-0.3, -0.25) is 4.79 Å². The second-order valence-corrected chi connectivity index (χ2v) is 7.03. The molecule has 0 spiro atoms. The minimum absolute atomic E-state index is 0.0751. The highest BCUT2D eigenvalue weighted by molar-refractivity contribution is 7.99. The van der Waals surface area contributed by atoms with Gasteiger partial charge in [-0.25, -0.2) is 9.97 Å². The molecule has 8 heteroatoms. The molecule has 2 aromatic heterocycles. The van der Waals surface area contributed by atoms with Crippen LogP contribution in [0.25, 0.3) is 11.2 Å². The van der Waals surface area contributed by atoms with Crippen molar-refractivity contribution in [2.24, 2.45) is 0 Å². The zero-order valence-corrected chi connectivity index (χ0v) is 15.0. The van der Waals surface area contributed by atoms with E-state index in [0.29, 0.717) is 20.8 Å². The molecule has 2 heterocycles. The molecule has 1 aromatic carbocycles. The summed E-state index contributed by atoms with van der Waals surface area (Å²) in [6.45, 7) is 1.93. The summed E-state index contributed by atoms with van der Waals surface area (Å²) >= 11 is 13.1. The second-order valence-electron chi connectivity index (χ2n) is 5.20. The third kappa shape index (κ3) is 4.20. The van der Waals surface area contributed by atoms with E-state index in [1.165, 1.54) is 11.8 Å². The molecule has 0 fully saturated rings. The van der Waals surface area contributed by atoms with E-state index in [0.717, 1.165) is 11.1 Å². The maximum absolute atomic E-state index is 12.1. The normalized spacial score (nSPS) is 12.3. The van der Waals surface area contributed by atoms with Gasteiger partial charge in [0.05, 0.1) is 22.3 Å². The Labute approximate surface area is 153 Å². The Hall–Kier alpha value is -1.76. The van der Waals surface area contributed by atoms with Crippen molar-refractivity contribution in [3.63, 3.8) is 0 Å². The van der Waals surface area contributed by atoms with Crippen LogP contribution in [0, 0.1) is 0 Å². The second kappa shape index (κ2) is 7.42. The van der Waals surface area contributed by atoms with Gasteiger partial charge in [0.2, 0.25) is 5.91 Å². The molecular formula is C16H14Cl2N4OS. The molecule has 2 N–H and O–H groups in total. The van der Waals surface area contributed by atoms with Crippen LogP contribution in [-0.4, -0.2) is 26.6 Å². The van der Waals surface area contributed by atoms with Gasteiger partial charge in [0.1, 0.15) is 0 Å². The maximum atomic E-state index is 12.1. The molecule has 24 heavy (non-hydrogen) atoms. The summed E-state index contributed by atoms with van der Waals surface area (Å²) in [5, 5.41) is 4.79. The number of thioether (sulfide) groups is 1. The number of carbonyl (C=O) groups is 1. The number of rotatable bonds is 5. The number of amides is 1. The molecule has 0 aliphatic rings. The molecule has 0 aliphatic heterocycles. The number of hydrogen-bond acceptors (Lipinski definition) is 4. The van der Waals surface area contributed by atoms with Crippen LogP contribution in [0.15, 0.2) is 41.7 Å². The number of fused-ring (bicyclic) bond motifs is 1. The largest absolute Gasteiger partial charge is 0.349 e. The Morgan fingerprint density at radius 3 is 2.79 bits per heavy atom. The molecule has 1 amide bonds. The molecule has 5 nitrogen and oxygen atoms in total. The van der Waals surface area contributed by atoms with Gasteiger partial charge in [0.15, 0.2) is 10.8 Å². The molecule has 0 radical (unpaired) electrons. The van der Waals surface area contributed by atoms with Crippen LogP contribution in [0.3, 0.4) is 0 Å². The number of carbonyl (C=O) groups excluding carboxylic acids is 1. The van der Waals surface area contributed by atoms with Crippen LogP contribution < -0.4 is 5.32 Å². The molecule has 0 unspecified atom stereocenters. The van der Waals surface area contributed by atoms with Gasteiger partial charge >= 0.3 is 0 Å². The van der Waals surface area contributed by atoms with E-state index < -0.39 is 0 Å². The number of halogens is 2. The predicted molar refractivity (Wildman–Crippen MR) is 97.6 cm³/mol. The first kappa shape index (κ1) is 17.1. The van der Waals surface area contributed by atoms with Gasteiger partial charge in [-0.2, -0.15) is 0 Å². The Bertz CT molecular complexity index is 866. The first-order valence-electron chi connectivity index (χ1n) is 7.20. The quantitative estimate of drug-likeness (QED) is 0.649. The predicted octanol–water partition coefficient (Wildman–Crippen LogP) is 4.23. The maximum Gasteiger partial charge on any atom is 0.230 e. The average Bonchev–Trinajstić information content (AvgIpc) is 2.95. The minimum atomic E-state index is -0.0912. The SMILES string of the molecule is C[C@H](NC(=O)CSc1nc2ncc(Cl)cc2[nH]1)c1ccc(Cl)cc1. The summed E-state index contributed by atoms with van der Waals surface area (Å²) in [6, 6.07) is 9.07. The van der Waals surface area contributed by atoms with Crippen molar-refractivity contribution in [3.8, 4) is 0 Å². The lowest BCUT2D eigenvalue weighted by Gasteiger charge is -2.14. The summed E-state index contributed by atoms with van der Waals surface area (Å²) in [4.78, 5) is 23.6. The van der Waals surface area contributed by atoms with Gasteiger partial charge in [-0.15, -0.1) is 0 Å². The fourth-order valence-corrected chi connectivity index (χ4v) is 3.14. The van der Waals surface area contributed by atoms with Gasteiger partial charge in [0.25, 0.3) is 0 Å². The topological polar surface area (TPSA) is 70.7 Å². The van der Waals surface area contributed by atoms with E-state index in [-0.39, 0.29) is 17.7 Å². The van der Waals surface area contributed by atoms with Crippen LogP contribution in [0.1, 0.15) is 18.5 Å². The van der Waals surface area contributed by atoms with Crippen LogP contribution in [0.4, 0.5) is 0 Å². The minimum Gasteiger partial charge on any atom is -0.349 e. The summed E-state index contributed by atoms with van der Waals surface area (Å²) < 4.78 is 0. The van der Waals surface area contributed by atoms with Crippen molar-refractivity contribution < 1.29 is 4.79 Å². The monoisotopic (exact) mass is 380 g/mol. The first-order chi connectivity index (χ1) is 11.5. The van der Waals surface area contributed by atoms with Crippen LogP contribution in [0.2, 0.25) is 10.0 Å². The molecular weight excluding hydrogens is 367 g/mol. The van der Waals surface area contributed by atoms with Crippen LogP contribution in [0.5, 0.6) is 0 Å². The van der Waals surface area contributed by atoms with Gasteiger partial charge in [-0.05, 0) is 30.7 Å². The van der Waals surface area contributed by atoms with Crippen molar-refractivity contribution in [1.29, 1.82) is 0 Å². The number of aromatic amines is 1. The summed E-state index contributed by atoms with van der Waals surface area (Å²) in [5.41, 5.74) is 2.33. The lowest BCUT2D eigenvalue weighted by molar-refractivity contribution is -0.119. The Balaban J connectivity index is 1.57.